The lowest BCUT2D eigenvalue weighted by molar-refractivity contribution is -0.118. The number of primary amides is 1. The molecule has 0 aliphatic carbocycles. The van der Waals surface area contributed by atoms with Crippen LogP contribution in [0.25, 0.3) is 0 Å². The highest BCUT2D eigenvalue weighted by Crippen LogP contribution is 2.17. The van der Waals surface area contributed by atoms with Crippen LogP contribution in [0.1, 0.15) is 28.7 Å². The second kappa shape index (κ2) is 6.70. The van der Waals surface area contributed by atoms with E-state index in [2.05, 4.69) is 10.3 Å². The summed E-state index contributed by atoms with van der Waals surface area (Å²) < 4.78 is 6.56. The molecule has 22 heavy (non-hydrogen) atoms. The maximum atomic E-state index is 11.2. The number of benzene rings is 1. The van der Waals surface area contributed by atoms with Gasteiger partial charge >= 0.3 is 5.97 Å². The van der Waals surface area contributed by atoms with Gasteiger partial charge in [0, 0.05) is 6.42 Å². The van der Waals surface area contributed by atoms with Crippen LogP contribution >= 0.6 is 0 Å². The molecular formula is C14H16N4O4. The third-order valence-corrected chi connectivity index (χ3v) is 2.95. The number of aromatic nitrogens is 3. The van der Waals surface area contributed by atoms with Crippen molar-refractivity contribution in [1.29, 1.82) is 0 Å². The predicted molar refractivity (Wildman–Crippen MR) is 76.6 cm³/mol. The molecular weight excluding hydrogens is 288 g/mol. The molecule has 8 heteroatoms. The fourth-order valence-corrected chi connectivity index (χ4v) is 2.01. The minimum absolute atomic E-state index is 0.185. The van der Waals surface area contributed by atoms with E-state index in [-0.39, 0.29) is 18.7 Å². The quantitative estimate of drug-likeness (QED) is 0.766. The Bertz CT molecular complexity index is 679. The molecule has 0 aliphatic heterocycles. The first-order valence-corrected chi connectivity index (χ1v) is 6.67. The third-order valence-electron chi connectivity index (χ3n) is 2.95. The molecule has 0 fully saturated rings. The highest BCUT2D eigenvalue weighted by molar-refractivity contribution is 5.86. The van der Waals surface area contributed by atoms with Gasteiger partial charge < -0.3 is 15.6 Å². The molecule has 1 aromatic heterocycles. The van der Waals surface area contributed by atoms with Crippen LogP contribution in [0.4, 0.5) is 0 Å². The van der Waals surface area contributed by atoms with Crippen molar-refractivity contribution in [3.63, 3.8) is 0 Å². The van der Waals surface area contributed by atoms with Gasteiger partial charge in [0.2, 0.25) is 5.91 Å². The van der Waals surface area contributed by atoms with E-state index in [0.717, 1.165) is 11.3 Å². The molecule has 0 spiro atoms. The number of ether oxygens (including phenoxy) is 1. The lowest BCUT2D eigenvalue weighted by Crippen LogP contribution is -2.21. The Balaban J connectivity index is 2.28. The van der Waals surface area contributed by atoms with E-state index in [1.807, 2.05) is 19.1 Å². The summed E-state index contributed by atoms with van der Waals surface area (Å²) in [6.45, 7) is 2.24. The number of hydrogen-bond donors (Lipinski definition) is 2. The first kappa shape index (κ1) is 15.5. The number of nitrogens with two attached hydrogens (primary N) is 1. The van der Waals surface area contributed by atoms with Crippen molar-refractivity contribution in [2.45, 2.75) is 19.9 Å². The van der Waals surface area contributed by atoms with Crippen molar-refractivity contribution >= 4 is 11.9 Å². The predicted octanol–water partition coefficient (Wildman–Crippen LogP) is 0.451. The molecule has 1 aromatic carbocycles. The highest BCUT2D eigenvalue weighted by Gasteiger charge is 2.20. The molecule has 0 atom stereocenters. The Morgan fingerprint density at radius 2 is 2.00 bits per heavy atom. The standard InChI is InChI=1S/C14H16N4O4/c1-2-22-10-5-3-9(4-6-10)7-11-13(14(20)21)16-17-18(11)8-12(15)19/h3-6H,2,7-8H2,1H3,(H2,15,19)(H,20,21). The number of nitrogens with zero attached hydrogens (tertiary/aromatic N) is 3. The monoisotopic (exact) mass is 304 g/mol. The van der Waals surface area contributed by atoms with Gasteiger partial charge in [-0.05, 0) is 24.6 Å². The van der Waals surface area contributed by atoms with E-state index < -0.39 is 11.9 Å². The van der Waals surface area contributed by atoms with E-state index in [9.17, 15) is 9.59 Å². The Morgan fingerprint density at radius 1 is 1.32 bits per heavy atom. The van der Waals surface area contributed by atoms with Crippen molar-refractivity contribution in [3.8, 4) is 5.75 Å². The second-order valence-corrected chi connectivity index (χ2v) is 4.57. The summed E-state index contributed by atoms with van der Waals surface area (Å²) in [5.41, 5.74) is 6.12. The van der Waals surface area contributed by atoms with Crippen molar-refractivity contribution in [3.05, 3.63) is 41.2 Å². The van der Waals surface area contributed by atoms with Crippen LogP contribution in [0.15, 0.2) is 24.3 Å². The van der Waals surface area contributed by atoms with Crippen molar-refractivity contribution < 1.29 is 19.4 Å². The zero-order valence-corrected chi connectivity index (χ0v) is 12.0. The Hall–Kier alpha value is -2.90. The lowest BCUT2D eigenvalue weighted by Gasteiger charge is -2.07. The van der Waals surface area contributed by atoms with E-state index in [0.29, 0.717) is 12.3 Å². The van der Waals surface area contributed by atoms with Crippen LogP contribution in [0.3, 0.4) is 0 Å². The van der Waals surface area contributed by atoms with Gasteiger partial charge in [-0.25, -0.2) is 9.48 Å². The second-order valence-electron chi connectivity index (χ2n) is 4.57. The van der Waals surface area contributed by atoms with E-state index in [4.69, 9.17) is 15.6 Å². The molecule has 0 bridgehead atoms. The largest absolute Gasteiger partial charge is 0.494 e. The van der Waals surface area contributed by atoms with Gasteiger partial charge in [-0.2, -0.15) is 0 Å². The van der Waals surface area contributed by atoms with Gasteiger partial charge in [0.15, 0.2) is 5.69 Å². The van der Waals surface area contributed by atoms with Crippen molar-refractivity contribution in [2.24, 2.45) is 5.73 Å². The zero-order valence-electron chi connectivity index (χ0n) is 12.0. The summed E-state index contributed by atoms with van der Waals surface area (Å²) in [6.07, 6.45) is 0.272. The molecule has 0 saturated carbocycles. The minimum Gasteiger partial charge on any atom is -0.494 e. The third kappa shape index (κ3) is 3.60. The normalized spacial score (nSPS) is 10.4. The number of carboxylic acid groups (broad SMARTS) is 1. The van der Waals surface area contributed by atoms with Gasteiger partial charge in [0.1, 0.15) is 12.3 Å². The molecule has 8 nitrogen and oxygen atoms in total. The molecule has 1 heterocycles. The van der Waals surface area contributed by atoms with Gasteiger partial charge in [-0.15, -0.1) is 5.10 Å². The molecule has 116 valence electrons. The average Bonchev–Trinajstić information content (AvgIpc) is 2.83. The van der Waals surface area contributed by atoms with Crippen LogP contribution in [0.2, 0.25) is 0 Å². The van der Waals surface area contributed by atoms with Crippen LogP contribution in [0, 0.1) is 0 Å². The summed E-state index contributed by atoms with van der Waals surface area (Å²) in [5.74, 6) is -1.08. The first-order chi connectivity index (χ1) is 10.5. The zero-order chi connectivity index (χ0) is 16.1. The number of carbonyl (C=O) groups is 2. The number of rotatable bonds is 7. The van der Waals surface area contributed by atoms with Crippen LogP contribution in [0.5, 0.6) is 5.75 Å². The number of hydrogen-bond acceptors (Lipinski definition) is 5. The van der Waals surface area contributed by atoms with E-state index in [1.54, 1.807) is 12.1 Å². The van der Waals surface area contributed by atoms with E-state index >= 15 is 0 Å². The van der Waals surface area contributed by atoms with Crippen molar-refractivity contribution in [1.82, 2.24) is 15.0 Å². The van der Waals surface area contributed by atoms with Crippen molar-refractivity contribution in [2.75, 3.05) is 6.61 Å². The summed E-state index contributed by atoms with van der Waals surface area (Å²) in [5, 5.41) is 16.4. The fourth-order valence-electron chi connectivity index (χ4n) is 2.01. The number of carboxylic acids is 1. The lowest BCUT2D eigenvalue weighted by atomic mass is 10.1. The molecule has 0 unspecified atom stereocenters. The maximum absolute atomic E-state index is 11.2. The number of amides is 1. The van der Waals surface area contributed by atoms with E-state index in [1.165, 1.54) is 4.68 Å². The number of aromatic carboxylic acids is 1. The summed E-state index contributed by atoms with van der Waals surface area (Å²) in [4.78, 5) is 22.2. The van der Waals surface area contributed by atoms with Gasteiger partial charge in [0.05, 0.1) is 12.3 Å². The molecule has 3 N–H and O–H groups in total. The molecule has 0 saturated heterocycles. The fraction of sp³-hybridized carbons (Fsp3) is 0.286. The van der Waals surface area contributed by atoms with Gasteiger partial charge in [-0.3, -0.25) is 4.79 Å². The van der Waals surface area contributed by atoms with Gasteiger partial charge in [0.25, 0.3) is 0 Å². The Morgan fingerprint density at radius 3 is 2.55 bits per heavy atom. The van der Waals surface area contributed by atoms with Crippen LogP contribution < -0.4 is 10.5 Å². The van der Waals surface area contributed by atoms with Crippen LogP contribution in [-0.4, -0.2) is 38.6 Å². The average molecular weight is 304 g/mol. The molecule has 0 radical (unpaired) electrons. The summed E-state index contributed by atoms with van der Waals surface area (Å²) in [7, 11) is 0. The molecule has 2 rings (SSSR count). The highest BCUT2D eigenvalue weighted by atomic mass is 16.5. The SMILES string of the molecule is CCOc1ccc(Cc2c(C(=O)O)nnn2CC(N)=O)cc1. The number of carbonyl (C=O) groups excluding carboxylic acids is 1. The maximum Gasteiger partial charge on any atom is 0.358 e. The molecule has 1 amide bonds. The van der Waals surface area contributed by atoms with Crippen LogP contribution in [-0.2, 0) is 17.8 Å². The smallest absolute Gasteiger partial charge is 0.358 e. The first-order valence-electron chi connectivity index (χ1n) is 6.67. The topological polar surface area (TPSA) is 120 Å². The summed E-state index contributed by atoms with van der Waals surface area (Å²) in [6, 6.07) is 7.22. The Labute approximate surface area is 126 Å². The van der Waals surface area contributed by atoms with Gasteiger partial charge in [-0.1, -0.05) is 17.3 Å². The summed E-state index contributed by atoms with van der Waals surface area (Å²) >= 11 is 0. The Kier molecular flexibility index (Phi) is 4.72. The molecule has 2 aromatic rings. The minimum atomic E-state index is -1.20. The molecule has 0 aliphatic rings.